The van der Waals surface area contributed by atoms with E-state index < -0.39 is 10.0 Å². The predicted octanol–water partition coefficient (Wildman–Crippen LogP) is 6.55. The zero-order valence-corrected chi connectivity index (χ0v) is 25.7. The number of hydrogen-bond acceptors (Lipinski definition) is 8. The first-order valence-corrected chi connectivity index (χ1v) is 17.3. The Bertz CT molecular complexity index is 1600. The number of hydrogen-bond donors (Lipinski definition) is 1. The van der Waals surface area contributed by atoms with Gasteiger partial charge in [-0.15, -0.1) is 34.0 Å². The number of thiophene rings is 2. The van der Waals surface area contributed by atoms with Gasteiger partial charge in [-0.3, -0.25) is 9.69 Å². The molecule has 0 unspecified atom stereocenters. The number of fused-ring (bicyclic) bond motifs is 2. The largest absolute Gasteiger partial charge is 0.317 e. The van der Waals surface area contributed by atoms with E-state index in [-0.39, 0.29) is 16.0 Å². The third kappa shape index (κ3) is 5.30. The normalized spacial score (nSPS) is 17.6. The number of amides is 1. The Hall–Kier alpha value is -1.86. The van der Waals surface area contributed by atoms with Gasteiger partial charge >= 0.3 is 0 Å². The molecule has 1 saturated heterocycles. The quantitative estimate of drug-likeness (QED) is 0.264. The number of benzene rings is 1. The Morgan fingerprint density at radius 2 is 1.85 bits per heavy atom. The van der Waals surface area contributed by atoms with Crippen LogP contribution in [0.25, 0.3) is 20.8 Å². The molecular formula is C27H29ClN4O3S4. The fourth-order valence-electron chi connectivity index (χ4n) is 5.29. The smallest absolute Gasteiger partial charge is 0.252 e. The van der Waals surface area contributed by atoms with Crippen molar-refractivity contribution >= 4 is 76.8 Å². The molecule has 5 heterocycles. The summed E-state index contributed by atoms with van der Waals surface area (Å²) in [6, 6.07) is 11.7. The van der Waals surface area contributed by atoms with E-state index in [0.717, 1.165) is 56.6 Å². The molecule has 1 N–H and O–H groups in total. The van der Waals surface area contributed by atoms with E-state index in [9.17, 15) is 13.2 Å². The fourth-order valence-corrected chi connectivity index (χ4v) is 10.8. The second-order valence-corrected chi connectivity index (χ2v) is 16.3. The van der Waals surface area contributed by atoms with Crippen molar-refractivity contribution in [1.82, 2.24) is 14.2 Å². The van der Waals surface area contributed by atoms with Crippen LogP contribution in [0.5, 0.6) is 0 Å². The highest BCUT2D eigenvalue weighted by molar-refractivity contribution is 7.91. The van der Waals surface area contributed by atoms with Gasteiger partial charge in [0, 0.05) is 48.6 Å². The van der Waals surface area contributed by atoms with Crippen molar-refractivity contribution in [3.8, 4) is 10.6 Å². The molecule has 1 fully saturated rings. The molecule has 0 saturated carbocycles. The highest BCUT2D eigenvalue weighted by atomic mass is 35.5. The number of anilines is 1. The van der Waals surface area contributed by atoms with E-state index in [2.05, 4.69) is 30.1 Å². The average molecular weight is 621 g/mol. The maximum absolute atomic E-state index is 13.5. The van der Waals surface area contributed by atoms with Crippen molar-refractivity contribution in [2.45, 2.75) is 49.9 Å². The SMILES string of the molecule is CC(C)N1CCc2c(sc(NC(=O)C3CCN(S(=O)(=O)c4ccc(Cl)s4)CC3)c2-c2nc3ccccc3s2)C1. The predicted molar refractivity (Wildman–Crippen MR) is 162 cm³/mol. The Balaban J connectivity index is 1.24. The van der Waals surface area contributed by atoms with Crippen LogP contribution in [0.15, 0.2) is 40.6 Å². The number of thiazole rings is 1. The first-order chi connectivity index (χ1) is 18.7. The van der Waals surface area contributed by atoms with Crippen molar-refractivity contribution in [2.24, 2.45) is 5.92 Å². The van der Waals surface area contributed by atoms with Gasteiger partial charge in [0.2, 0.25) is 5.91 Å². The summed E-state index contributed by atoms with van der Waals surface area (Å²) in [4.78, 5) is 22.2. The van der Waals surface area contributed by atoms with Gasteiger partial charge < -0.3 is 5.32 Å². The first kappa shape index (κ1) is 27.3. The van der Waals surface area contributed by atoms with E-state index in [1.165, 1.54) is 14.7 Å². The highest BCUT2D eigenvalue weighted by Gasteiger charge is 2.34. The summed E-state index contributed by atoms with van der Waals surface area (Å²) >= 11 is 10.4. The summed E-state index contributed by atoms with van der Waals surface area (Å²) in [6.07, 6.45) is 1.88. The Labute approximate surface area is 245 Å². The number of para-hydroxylation sites is 1. The van der Waals surface area contributed by atoms with E-state index in [1.54, 1.807) is 34.8 Å². The van der Waals surface area contributed by atoms with Crippen LogP contribution in [0.2, 0.25) is 4.34 Å². The molecular weight excluding hydrogens is 592 g/mol. The second kappa shape index (κ2) is 10.8. The van der Waals surface area contributed by atoms with Gasteiger partial charge in [-0.1, -0.05) is 23.7 Å². The topological polar surface area (TPSA) is 82.6 Å². The lowest BCUT2D eigenvalue weighted by atomic mass is 9.97. The molecule has 6 rings (SSSR count). The van der Waals surface area contributed by atoms with Gasteiger partial charge in [0.15, 0.2) is 0 Å². The van der Waals surface area contributed by atoms with Crippen LogP contribution in [-0.4, -0.2) is 54.2 Å². The third-order valence-corrected chi connectivity index (χ3v) is 13.3. The van der Waals surface area contributed by atoms with Crippen LogP contribution in [0.3, 0.4) is 0 Å². The number of piperidine rings is 1. The van der Waals surface area contributed by atoms with Crippen LogP contribution in [-0.2, 0) is 27.8 Å². The number of nitrogens with zero attached hydrogens (tertiary/aromatic N) is 3. The molecule has 0 spiro atoms. The molecule has 2 aliphatic heterocycles. The van der Waals surface area contributed by atoms with Crippen LogP contribution >= 0.6 is 45.6 Å². The maximum atomic E-state index is 13.5. The monoisotopic (exact) mass is 620 g/mol. The molecule has 12 heteroatoms. The summed E-state index contributed by atoms with van der Waals surface area (Å²) in [5.41, 5.74) is 3.32. The Kier molecular flexibility index (Phi) is 7.60. The summed E-state index contributed by atoms with van der Waals surface area (Å²) in [6.45, 7) is 6.91. The van der Waals surface area contributed by atoms with Gasteiger partial charge in [-0.25, -0.2) is 13.4 Å². The molecule has 0 aliphatic carbocycles. The fraction of sp³-hybridized carbons (Fsp3) is 0.407. The summed E-state index contributed by atoms with van der Waals surface area (Å²) < 4.78 is 29.3. The van der Waals surface area contributed by atoms with Gasteiger partial charge in [0.1, 0.15) is 14.2 Å². The molecule has 7 nitrogen and oxygen atoms in total. The standard InChI is InChI=1S/C27H29ClN4O3S4/c1-16(2)31-12-11-18-21(15-31)37-27(24(18)26-29-19-5-3-4-6-20(19)36-26)30-25(33)17-9-13-32(14-10-17)39(34,35)23-8-7-22(28)38-23/h3-8,16-17H,9-15H2,1-2H3,(H,30,33). The Morgan fingerprint density at radius 3 is 2.54 bits per heavy atom. The minimum Gasteiger partial charge on any atom is -0.317 e. The number of carbonyl (C=O) groups excluding carboxylic acids is 1. The summed E-state index contributed by atoms with van der Waals surface area (Å²) in [5, 5.41) is 5.06. The lowest BCUT2D eigenvalue weighted by Gasteiger charge is -2.30. The number of aromatic nitrogens is 1. The number of halogens is 1. The van der Waals surface area contributed by atoms with E-state index in [0.29, 0.717) is 36.3 Å². The Morgan fingerprint density at radius 1 is 1.08 bits per heavy atom. The summed E-state index contributed by atoms with van der Waals surface area (Å²) in [5.74, 6) is -0.300. The van der Waals surface area contributed by atoms with Crippen molar-refractivity contribution in [3.63, 3.8) is 0 Å². The molecule has 3 aromatic heterocycles. The van der Waals surface area contributed by atoms with Crippen LogP contribution in [0.1, 0.15) is 37.1 Å². The number of carbonyl (C=O) groups is 1. The molecule has 0 bridgehead atoms. The van der Waals surface area contributed by atoms with Crippen LogP contribution in [0.4, 0.5) is 5.00 Å². The van der Waals surface area contributed by atoms with Crippen molar-refractivity contribution in [3.05, 3.63) is 51.2 Å². The zero-order chi connectivity index (χ0) is 27.3. The molecule has 1 aromatic carbocycles. The van der Waals surface area contributed by atoms with Gasteiger partial charge in [0.05, 0.1) is 14.6 Å². The van der Waals surface area contributed by atoms with E-state index in [1.807, 2.05) is 18.2 Å². The van der Waals surface area contributed by atoms with Crippen molar-refractivity contribution in [2.75, 3.05) is 25.0 Å². The van der Waals surface area contributed by atoms with Gasteiger partial charge in [-0.05, 0) is 62.9 Å². The molecule has 0 radical (unpaired) electrons. The van der Waals surface area contributed by atoms with Crippen molar-refractivity contribution in [1.29, 1.82) is 0 Å². The van der Waals surface area contributed by atoms with E-state index in [4.69, 9.17) is 16.6 Å². The molecule has 0 atom stereocenters. The minimum atomic E-state index is -3.59. The lowest BCUT2D eigenvalue weighted by molar-refractivity contribution is -0.120. The second-order valence-electron chi connectivity index (χ2n) is 10.2. The van der Waals surface area contributed by atoms with E-state index >= 15 is 0 Å². The lowest BCUT2D eigenvalue weighted by Crippen LogP contribution is -2.41. The van der Waals surface area contributed by atoms with Crippen LogP contribution in [0, 0.1) is 5.92 Å². The first-order valence-electron chi connectivity index (χ1n) is 13.0. The number of sulfonamides is 1. The maximum Gasteiger partial charge on any atom is 0.252 e. The van der Waals surface area contributed by atoms with Gasteiger partial charge in [-0.2, -0.15) is 4.31 Å². The molecule has 4 aromatic rings. The van der Waals surface area contributed by atoms with Crippen molar-refractivity contribution < 1.29 is 13.2 Å². The van der Waals surface area contributed by atoms with Crippen LogP contribution < -0.4 is 5.32 Å². The highest BCUT2D eigenvalue weighted by Crippen LogP contribution is 2.46. The molecule has 206 valence electrons. The number of rotatable bonds is 6. The molecule has 1 amide bonds. The third-order valence-electron chi connectivity index (χ3n) is 7.53. The average Bonchev–Trinajstić information content (AvgIpc) is 3.64. The molecule has 39 heavy (non-hydrogen) atoms. The molecule has 2 aliphatic rings. The number of nitrogens with one attached hydrogen (secondary N) is 1. The zero-order valence-electron chi connectivity index (χ0n) is 21.6. The minimum absolute atomic E-state index is 0.0483. The van der Waals surface area contributed by atoms with Gasteiger partial charge in [0.25, 0.3) is 10.0 Å². The summed E-state index contributed by atoms with van der Waals surface area (Å²) in [7, 11) is -3.59.